The topological polar surface area (TPSA) is 50.4 Å². The molecule has 0 spiro atoms. The monoisotopic (exact) mass is 448 g/mol. The summed E-state index contributed by atoms with van der Waals surface area (Å²) in [4.78, 5) is 12.0. The molecule has 0 saturated heterocycles. The summed E-state index contributed by atoms with van der Waals surface area (Å²) in [5, 5.41) is 7.38. The van der Waals surface area contributed by atoms with E-state index in [1.165, 1.54) is 0 Å². The van der Waals surface area contributed by atoms with E-state index in [9.17, 15) is 4.79 Å². The molecule has 2 N–H and O–H groups in total. The maximum Gasteiger partial charge on any atom is 0.262 e. The van der Waals surface area contributed by atoms with Crippen molar-refractivity contribution in [2.24, 2.45) is 0 Å². The minimum Gasteiger partial charge on any atom is -0.481 e. The number of nitrogens with one attached hydrogen (secondary N) is 2. The Labute approximate surface area is 184 Å². The highest BCUT2D eigenvalue weighted by Crippen LogP contribution is 2.34. The predicted molar refractivity (Wildman–Crippen MR) is 121 cm³/mol. The van der Waals surface area contributed by atoms with Crippen molar-refractivity contribution in [2.75, 3.05) is 17.2 Å². The zero-order valence-corrected chi connectivity index (χ0v) is 17.9. The molecule has 150 valence electrons. The summed E-state index contributed by atoms with van der Waals surface area (Å²) in [7, 11) is 0. The molecule has 3 aromatic rings. The van der Waals surface area contributed by atoms with Crippen molar-refractivity contribution in [1.29, 1.82) is 0 Å². The second-order valence-corrected chi connectivity index (χ2v) is 7.63. The summed E-state index contributed by atoms with van der Waals surface area (Å²) < 4.78 is 5.53. The zero-order valence-electron chi connectivity index (χ0n) is 15.6. The third-order valence-corrected chi connectivity index (χ3v) is 5.10. The summed E-state index contributed by atoms with van der Waals surface area (Å²) in [6.07, 6.45) is 0. The standard InChI is InChI=1S/C22H19Cl3N2O2/c1-14-7-8-17(11-18(14)23)26-12-15-9-19(24)22(20(25)10-15)29-13-21(28)27-16-5-3-2-4-6-16/h2-11,26H,12-13H2,1H3,(H,27,28). The van der Waals surface area contributed by atoms with Crippen LogP contribution in [-0.2, 0) is 11.3 Å². The van der Waals surface area contributed by atoms with Crippen LogP contribution in [0.2, 0.25) is 15.1 Å². The highest BCUT2D eigenvalue weighted by Gasteiger charge is 2.12. The van der Waals surface area contributed by atoms with Crippen molar-refractivity contribution < 1.29 is 9.53 Å². The van der Waals surface area contributed by atoms with E-state index >= 15 is 0 Å². The number of hydrogen-bond acceptors (Lipinski definition) is 3. The largest absolute Gasteiger partial charge is 0.481 e. The first-order chi connectivity index (χ1) is 13.9. The van der Waals surface area contributed by atoms with E-state index in [0.717, 1.165) is 16.8 Å². The number of rotatable bonds is 7. The number of carbonyl (C=O) groups excluding carboxylic acids is 1. The van der Waals surface area contributed by atoms with E-state index in [1.54, 1.807) is 24.3 Å². The highest BCUT2D eigenvalue weighted by atomic mass is 35.5. The lowest BCUT2D eigenvalue weighted by molar-refractivity contribution is -0.118. The molecule has 29 heavy (non-hydrogen) atoms. The number of benzene rings is 3. The van der Waals surface area contributed by atoms with Crippen LogP contribution >= 0.6 is 34.8 Å². The second-order valence-electron chi connectivity index (χ2n) is 6.41. The van der Waals surface area contributed by atoms with Crippen LogP contribution in [0.4, 0.5) is 11.4 Å². The molecular formula is C22H19Cl3N2O2. The highest BCUT2D eigenvalue weighted by molar-refractivity contribution is 6.37. The molecule has 1 amide bonds. The van der Waals surface area contributed by atoms with Crippen LogP contribution in [0, 0.1) is 6.92 Å². The molecule has 0 aliphatic carbocycles. The first-order valence-corrected chi connectivity index (χ1v) is 10.0. The fourth-order valence-corrected chi connectivity index (χ4v) is 3.44. The normalized spacial score (nSPS) is 10.5. The first-order valence-electron chi connectivity index (χ1n) is 8.88. The molecule has 0 bridgehead atoms. The molecule has 7 heteroatoms. The second kappa shape index (κ2) is 9.88. The van der Waals surface area contributed by atoms with Gasteiger partial charge in [-0.15, -0.1) is 0 Å². The molecule has 0 aromatic heterocycles. The minimum absolute atomic E-state index is 0.201. The molecule has 0 unspecified atom stereocenters. The van der Waals surface area contributed by atoms with Gasteiger partial charge < -0.3 is 15.4 Å². The molecule has 0 heterocycles. The van der Waals surface area contributed by atoms with Gasteiger partial charge in [-0.25, -0.2) is 0 Å². The van der Waals surface area contributed by atoms with E-state index in [0.29, 0.717) is 27.3 Å². The lowest BCUT2D eigenvalue weighted by Gasteiger charge is -2.13. The van der Waals surface area contributed by atoms with Crippen LogP contribution in [0.15, 0.2) is 60.7 Å². The van der Waals surface area contributed by atoms with Crippen molar-refractivity contribution in [2.45, 2.75) is 13.5 Å². The van der Waals surface area contributed by atoms with Gasteiger partial charge in [0.1, 0.15) is 0 Å². The van der Waals surface area contributed by atoms with E-state index in [4.69, 9.17) is 39.5 Å². The Balaban J connectivity index is 1.59. The van der Waals surface area contributed by atoms with E-state index in [-0.39, 0.29) is 18.3 Å². The molecule has 0 aliphatic heterocycles. The molecule has 0 aliphatic rings. The Kier molecular flexibility index (Phi) is 7.26. The SMILES string of the molecule is Cc1ccc(NCc2cc(Cl)c(OCC(=O)Nc3ccccc3)c(Cl)c2)cc1Cl. The van der Waals surface area contributed by atoms with Crippen molar-refractivity contribution in [3.8, 4) is 5.75 Å². The summed E-state index contributed by atoms with van der Waals surface area (Å²) in [5.74, 6) is -0.0241. The lowest BCUT2D eigenvalue weighted by atomic mass is 10.2. The molecule has 0 atom stereocenters. The van der Waals surface area contributed by atoms with Crippen molar-refractivity contribution in [3.63, 3.8) is 0 Å². The number of anilines is 2. The number of aryl methyl sites for hydroxylation is 1. The molecule has 0 fully saturated rings. The number of halogens is 3. The summed E-state index contributed by atoms with van der Waals surface area (Å²) in [5.41, 5.74) is 3.47. The van der Waals surface area contributed by atoms with Gasteiger partial charge in [0.25, 0.3) is 5.91 Å². The fourth-order valence-electron chi connectivity index (χ4n) is 2.62. The van der Waals surface area contributed by atoms with Crippen LogP contribution in [0.1, 0.15) is 11.1 Å². The van der Waals surface area contributed by atoms with Crippen LogP contribution < -0.4 is 15.4 Å². The molecule has 4 nitrogen and oxygen atoms in total. The van der Waals surface area contributed by atoms with Gasteiger partial charge in [0.15, 0.2) is 12.4 Å². The number of ether oxygens (including phenoxy) is 1. The Morgan fingerprint density at radius 1 is 0.897 bits per heavy atom. The Hall–Kier alpha value is -2.40. The van der Waals surface area contributed by atoms with Gasteiger partial charge in [0, 0.05) is 22.9 Å². The van der Waals surface area contributed by atoms with Gasteiger partial charge in [-0.1, -0.05) is 59.1 Å². The lowest BCUT2D eigenvalue weighted by Crippen LogP contribution is -2.20. The van der Waals surface area contributed by atoms with Gasteiger partial charge in [0.2, 0.25) is 0 Å². The quantitative estimate of drug-likeness (QED) is 0.428. The number of carbonyl (C=O) groups is 1. The molecule has 0 radical (unpaired) electrons. The van der Waals surface area contributed by atoms with Crippen molar-refractivity contribution in [3.05, 3.63) is 86.9 Å². The molecule has 3 aromatic carbocycles. The van der Waals surface area contributed by atoms with E-state index in [1.807, 2.05) is 43.3 Å². The molecule has 0 saturated carbocycles. The molecular weight excluding hydrogens is 431 g/mol. The maximum atomic E-state index is 12.0. The number of hydrogen-bond donors (Lipinski definition) is 2. The summed E-state index contributed by atoms with van der Waals surface area (Å²) in [6.45, 7) is 2.26. The fraction of sp³-hybridized carbons (Fsp3) is 0.136. The van der Waals surface area contributed by atoms with Gasteiger partial charge in [-0.3, -0.25) is 4.79 Å². The maximum absolute atomic E-state index is 12.0. The third kappa shape index (κ3) is 6.04. The van der Waals surface area contributed by atoms with Crippen molar-refractivity contribution >= 4 is 52.1 Å². The molecule has 3 rings (SSSR count). The van der Waals surface area contributed by atoms with Crippen LogP contribution in [-0.4, -0.2) is 12.5 Å². The third-order valence-electron chi connectivity index (χ3n) is 4.13. The smallest absolute Gasteiger partial charge is 0.262 e. The average Bonchev–Trinajstić information content (AvgIpc) is 2.69. The van der Waals surface area contributed by atoms with Crippen LogP contribution in [0.5, 0.6) is 5.75 Å². The van der Waals surface area contributed by atoms with Gasteiger partial charge >= 0.3 is 0 Å². The van der Waals surface area contributed by atoms with Gasteiger partial charge in [-0.2, -0.15) is 0 Å². The Morgan fingerprint density at radius 2 is 1.59 bits per heavy atom. The summed E-state index contributed by atoms with van der Waals surface area (Å²) in [6, 6.07) is 18.4. The van der Waals surface area contributed by atoms with Crippen molar-refractivity contribution in [1.82, 2.24) is 0 Å². The number of para-hydroxylation sites is 1. The van der Waals surface area contributed by atoms with E-state index in [2.05, 4.69) is 10.6 Å². The average molecular weight is 450 g/mol. The zero-order chi connectivity index (χ0) is 20.8. The van der Waals surface area contributed by atoms with E-state index < -0.39 is 0 Å². The van der Waals surface area contributed by atoms with Crippen LogP contribution in [0.25, 0.3) is 0 Å². The Bertz CT molecular complexity index is 987. The first kappa shape index (κ1) is 21.3. The predicted octanol–water partition coefficient (Wildman–Crippen LogP) is 6.58. The minimum atomic E-state index is -0.301. The van der Waals surface area contributed by atoms with Crippen LogP contribution in [0.3, 0.4) is 0 Å². The van der Waals surface area contributed by atoms with Gasteiger partial charge in [-0.05, 0) is 54.4 Å². The van der Waals surface area contributed by atoms with Gasteiger partial charge in [0.05, 0.1) is 10.0 Å². The number of amides is 1. The Morgan fingerprint density at radius 3 is 2.24 bits per heavy atom. The summed E-state index contributed by atoms with van der Waals surface area (Å²) >= 11 is 18.8.